The van der Waals surface area contributed by atoms with Gasteiger partial charge in [-0.05, 0) is 25.0 Å². The molecule has 6 nitrogen and oxygen atoms in total. The molecule has 0 spiro atoms. The number of carboxylic acid groups (broad SMARTS) is 1. The van der Waals surface area contributed by atoms with Gasteiger partial charge in [-0.15, -0.1) is 0 Å². The van der Waals surface area contributed by atoms with Crippen LogP contribution in [0, 0.1) is 0 Å². The van der Waals surface area contributed by atoms with Crippen LogP contribution >= 0.6 is 0 Å². The van der Waals surface area contributed by atoms with Crippen LogP contribution in [0.2, 0.25) is 0 Å². The Hall–Kier alpha value is -3.15. The van der Waals surface area contributed by atoms with Gasteiger partial charge in [0.1, 0.15) is 0 Å². The third-order valence-electron chi connectivity index (χ3n) is 5.50. The molecule has 0 radical (unpaired) electrons. The van der Waals surface area contributed by atoms with Crippen LogP contribution in [-0.4, -0.2) is 36.2 Å². The van der Waals surface area contributed by atoms with E-state index in [2.05, 4.69) is 13.8 Å². The van der Waals surface area contributed by atoms with E-state index in [4.69, 9.17) is 19.4 Å². The van der Waals surface area contributed by atoms with E-state index < -0.39 is 17.9 Å². The van der Waals surface area contributed by atoms with Gasteiger partial charge >= 0.3 is 11.9 Å². The van der Waals surface area contributed by atoms with Crippen molar-refractivity contribution < 1.29 is 29.0 Å². The van der Waals surface area contributed by atoms with Gasteiger partial charge in [0.25, 0.3) is 5.97 Å². The normalized spacial score (nSPS) is 9.76. The molecule has 0 heterocycles. The number of ether oxygens (including phenoxy) is 2. The van der Waals surface area contributed by atoms with Crippen molar-refractivity contribution >= 4 is 17.9 Å². The fourth-order valence-corrected chi connectivity index (χ4v) is 3.47. The molecule has 0 aromatic heterocycles. The highest BCUT2D eigenvalue weighted by Crippen LogP contribution is 2.14. The fraction of sp³-hybridized carbons (Fsp3) is 0.531. The lowest BCUT2D eigenvalue weighted by atomic mass is 10.1. The second-order valence-corrected chi connectivity index (χ2v) is 9.03. The second-order valence-electron chi connectivity index (χ2n) is 9.03. The molecule has 0 aliphatic heterocycles. The summed E-state index contributed by atoms with van der Waals surface area (Å²) in [6.07, 6.45) is 13.6. The third-order valence-corrected chi connectivity index (χ3v) is 5.50. The third kappa shape index (κ3) is 21.0. The van der Waals surface area contributed by atoms with Crippen LogP contribution in [0.25, 0.3) is 0 Å². The van der Waals surface area contributed by atoms with Gasteiger partial charge in [-0.25, -0.2) is 9.59 Å². The molecule has 0 aliphatic carbocycles. The average molecular weight is 529 g/mol. The van der Waals surface area contributed by atoms with Crippen molar-refractivity contribution in [1.29, 1.82) is 0 Å². The molecule has 0 aliphatic rings. The molecule has 1 N–H and O–H groups in total. The molecule has 0 fully saturated rings. The van der Waals surface area contributed by atoms with Gasteiger partial charge in [0.15, 0.2) is 0 Å². The summed E-state index contributed by atoms with van der Waals surface area (Å²) in [7, 11) is 0. The van der Waals surface area contributed by atoms with E-state index in [1.807, 2.05) is 36.4 Å². The van der Waals surface area contributed by atoms with Gasteiger partial charge in [0.2, 0.25) is 0 Å². The van der Waals surface area contributed by atoms with E-state index in [1.165, 1.54) is 51.4 Å². The number of carboxylic acids is 1. The van der Waals surface area contributed by atoms with E-state index in [0.717, 1.165) is 32.6 Å². The van der Waals surface area contributed by atoms with Gasteiger partial charge in [-0.3, -0.25) is 4.79 Å². The number of aliphatic carboxylic acids is 1. The number of rotatable bonds is 16. The fourth-order valence-electron chi connectivity index (χ4n) is 3.47. The van der Waals surface area contributed by atoms with Crippen LogP contribution in [0.4, 0.5) is 0 Å². The molecule has 0 saturated heterocycles. The highest BCUT2D eigenvalue weighted by molar-refractivity contribution is 6.03. The maximum absolute atomic E-state index is 12.4. The van der Waals surface area contributed by atoms with Gasteiger partial charge < -0.3 is 14.6 Å². The summed E-state index contributed by atoms with van der Waals surface area (Å²) in [4.78, 5) is 33.7. The van der Waals surface area contributed by atoms with Crippen molar-refractivity contribution in [2.45, 2.75) is 97.8 Å². The predicted molar refractivity (Wildman–Crippen MR) is 154 cm³/mol. The first kappa shape index (κ1) is 34.9. The zero-order chi connectivity index (χ0) is 28.3. The molecule has 38 heavy (non-hydrogen) atoms. The van der Waals surface area contributed by atoms with Crippen molar-refractivity contribution in [3.63, 3.8) is 0 Å². The minimum atomic E-state index is -0.833. The first-order valence-corrected chi connectivity index (χ1v) is 14.1. The zero-order valence-electron chi connectivity index (χ0n) is 23.7. The number of carbonyl (C=O) groups excluding carboxylic acids is 2. The summed E-state index contributed by atoms with van der Waals surface area (Å²) in [5.41, 5.74) is 0.586. The largest absolute Gasteiger partial charge is 0.481 e. The molecule has 0 saturated carbocycles. The second kappa shape index (κ2) is 25.5. The summed E-state index contributed by atoms with van der Waals surface area (Å²) in [5, 5.41) is 7.42. The maximum Gasteiger partial charge on any atom is 0.339 e. The van der Waals surface area contributed by atoms with Gasteiger partial charge in [0, 0.05) is 6.92 Å². The van der Waals surface area contributed by atoms with Crippen LogP contribution < -0.4 is 0 Å². The van der Waals surface area contributed by atoms with Crippen molar-refractivity contribution in [2.75, 3.05) is 13.2 Å². The molecule has 212 valence electrons. The first-order valence-electron chi connectivity index (χ1n) is 14.1. The lowest BCUT2D eigenvalue weighted by molar-refractivity contribution is -0.134. The molecule has 0 unspecified atom stereocenters. The van der Waals surface area contributed by atoms with Gasteiger partial charge in [0.05, 0.1) is 24.3 Å². The molecule has 0 atom stereocenters. The molecule has 2 aromatic carbocycles. The number of esters is 2. The molecule has 6 heteroatoms. The SMILES string of the molecule is CC(=O)O.CCCCCCCCOC(=O)c1ccccc1C(=O)OCCCCCCCC.c1ccccc1. The number of unbranched alkanes of at least 4 members (excludes halogenated alkanes) is 10. The van der Waals surface area contributed by atoms with Crippen LogP contribution in [0.5, 0.6) is 0 Å². The Morgan fingerprint density at radius 3 is 1.16 bits per heavy atom. The van der Waals surface area contributed by atoms with E-state index in [-0.39, 0.29) is 0 Å². The summed E-state index contributed by atoms with van der Waals surface area (Å²) in [6.45, 7) is 6.26. The Morgan fingerprint density at radius 2 is 0.842 bits per heavy atom. The molecular formula is C32H48O6. The van der Waals surface area contributed by atoms with Crippen LogP contribution in [0.3, 0.4) is 0 Å². The Morgan fingerprint density at radius 1 is 0.553 bits per heavy atom. The van der Waals surface area contributed by atoms with Crippen LogP contribution in [-0.2, 0) is 14.3 Å². The summed E-state index contributed by atoms with van der Waals surface area (Å²) in [6, 6.07) is 18.7. The minimum absolute atomic E-state index is 0.293. The highest BCUT2D eigenvalue weighted by atomic mass is 16.5. The van der Waals surface area contributed by atoms with Crippen molar-refractivity contribution in [1.82, 2.24) is 0 Å². The Kier molecular flexibility index (Phi) is 23.4. The standard InChI is InChI=1S/C24H38O4.C6H6.C2H4O2/c1-3-5-7-9-11-15-19-27-23(25)21-17-13-14-18-22(21)24(26)28-20-16-12-10-8-6-4-2;1-2-4-6-5-3-1;1-2(3)4/h13-14,17-18H,3-12,15-16,19-20H2,1-2H3;1-6H;1H3,(H,3,4). The number of hydrogen-bond donors (Lipinski definition) is 1. The molecule has 2 aromatic rings. The van der Waals surface area contributed by atoms with E-state index in [9.17, 15) is 9.59 Å². The van der Waals surface area contributed by atoms with Gasteiger partial charge in [-0.1, -0.05) is 127 Å². The average Bonchev–Trinajstić information content (AvgIpc) is 2.93. The summed E-state index contributed by atoms with van der Waals surface area (Å²) in [5.74, 6) is -1.72. The lowest BCUT2D eigenvalue weighted by Gasteiger charge is -2.10. The summed E-state index contributed by atoms with van der Waals surface area (Å²) >= 11 is 0. The summed E-state index contributed by atoms with van der Waals surface area (Å²) < 4.78 is 10.7. The Balaban J connectivity index is 0.00000114. The van der Waals surface area contributed by atoms with Crippen LogP contribution in [0.15, 0.2) is 60.7 Å². The van der Waals surface area contributed by atoms with Crippen LogP contribution in [0.1, 0.15) is 119 Å². The molecular weight excluding hydrogens is 480 g/mol. The minimum Gasteiger partial charge on any atom is -0.481 e. The smallest absolute Gasteiger partial charge is 0.339 e. The quantitative estimate of drug-likeness (QED) is 0.173. The molecule has 0 bridgehead atoms. The Labute approximate surface area is 229 Å². The van der Waals surface area contributed by atoms with E-state index >= 15 is 0 Å². The number of carbonyl (C=O) groups is 3. The molecule has 2 rings (SSSR count). The van der Waals surface area contributed by atoms with E-state index in [0.29, 0.717) is 24.3 Å². The zero-order valence-corrected chi connectivity index (χ0v) is 23.7. The van der Waals surface area contributed by atoms with Crippen molar-refractivity contribution in [3.8, 4) is 0 Å². The molecule has 0 amide bonds. The van der Waals surface area contributed by atoms with E-state index in [1.54, 1.807) is 24.3 Å². The predicted octanol–water partition coefficient (Wildman–Crippen LogP) is 8.50. The van der Waals surface area contributed by atoms with Crippen molar-refractivity contribution in [3.05, 3.63) is 71.8 Å². The van der Waals surface area contributed by atoms with Crippen molar-refractivity contribution in [2.24, 2.45) is 0 Å². The topological polar surface area (TPSA) is 89.9 Å². The Bertz CT molecular complexity index is 770. The van der Waals surface area contributed by atoms with Gasteiger partial charge in [-0.2, -0.15) is 0 Å². The number of hydrogen-bond acceptors (Lipinski definition) is 5. The monoisotopic (exact) mass is 528 g/mol. The first-order chi connectivity index (χ1) is 18.4. The highest BCUT2D eigenvalue weighted by Gasteiger charge is 2.18. The number of benzene rings is 2. The lowest BCUT2D eigenvalue weighted by Crippen LogP contribution is -2.15. The maximum atomic E-state index is 12.4.